The summed E-state index contributed by atoms with van der Waals surface area (Å²) >= 11 is 0. The molecule has 0 fully saturated rings. The highest BCUT2D eigenvalue weighted by molar-refractivity contribution is 5.81. The van der Waals surface area contributed by atoms with Gasteiger partial charge in [0.1, 0.15) is 5.54 Å². The van der Waals surface area contributed by atoms with Gasteiger partial charge in [0.25, 0.3) is 0 Å². The lowest BCUT2D eigenvalue weighted by atomic mass is 10.1. The topological polar surface area (TPSA) is 77.1 Å². The maximum absolute atomic E-state index is 12.1. The number of aryl methyl sites for hydroxylation is 1. The molecule has 0 aliphatic heterocycles. The normalized spacial score (nSPS) is 11.9. The molecular weight excluding hydrogens is 222 g/mol. The number of carboxylic acid groups (broad SMARTS) is 1. The van der Waals surface area contributed by atoms with Crippen molar-refractivity contribution in [1.29, 1.82) is 0 Å². The van der Waals surface area contributed by atoms with Gasteiger partial charge in [-0.15, -0.1) is 0 Å². The standard InChI is InChI=1S/C11H13N3O3/c1-11(2,9(15)16)14-7-4-5-12-6-8(7)13(3)10(14)17/h4-6H,1-3H3,(H,15,16). The van der Waals surface area contributed by atoms with E-state index in [0.29, 0.717) is 11.0 Å². The number of hydrogen-bond donors (Lipinski definition) is 1. The van der Waals surface area contributed by atoms with Crippen molar-refractivity contribution in [2.45, 2.75) is 19.4 Å². The van der Waals surface area contributed by atoms with Crippen LogP contribution in [-0.2, 0) is 17.4 Å². The van der Waals surface area contributed by atoms with Crippen molar-refractivity contribution in [2.24, 2.45) is 7.05 Å². The average Bonchev–Trinajstić information content (AvgIpc) is 2.52. The number of fused-ring (bicyclic) bond motifs is 1. The monoisotopic (exact) mass is 235 g/mol. The summed E-state index contributed by atoms with van der Waals surface area (Å²) in [4.78, 5) is 27.3. The summed E-state index contributed by atoms with van der Waals surface area (Å²) in [5.41, 5.74) is -0.468. The van der Waals surface area contributed by atoms with Crippen LogP contribution >= 0.6 is 0 Å². The Balaban J connectivity index is 2.92. The maximum Gasteiger partial charge on any atom is 0.329 e. The Labute approximate surface area is 97.1 Å². The molecule has 0 unspecified atom stereocenters. The van der Waals surface area contributed by atoms with Crippen LogP contribution in [0.4, 0.5) is 0 Å². The van der Waals surface area contributed by atoms with E-state index in [1.165, 1.54) is 29.2 Å². The second kappa shape index (κ2) is 3.44. The Morgan fingerprint density at radius 3 is 2.65 bits per heavy atom. The van der Waals surface area contributed by atoms with Gasteiger partial charge in [-0.1, -0.05) is 0 Å². The number of aromatic nitrogens is 3. The molecule has 1 N–H and O–H groups in total. The Morgan fingerprint density at radius 2 is 2.06 bits per heavy atom. The van der Waals surface area contributed by atoms with Gasteiger partial charge in [0.2, 0.25) is 0 Å². The predicted octanol–water partition coefficient (Wildman–Crippen LogP) is 0.555. The number of carboxylic acids is 1. The van der Waals surface area contributed by atoms with Crippen LogP contribution in [0, 0.1) is 0 Å². The van der Waals surface area contributed by atoms with Crippen LogP contribution in [0.5, 0.6) is 0 Å². The summed E-state index contributed by atoms with van der Waals surface area (Å²) in [6.45, 7) is 2.99. The van der Waals surface area contributed by atoms with Crippen molar-refractivity contribution < 1.29 is 9.90 Å². The summed E-state index contributed by atoms with van der Waals surface area (Å²) < 4.78 is 2.67. The van der Waals surface area contributed by atoms with E-state index in [4.69, 9.17) is 0 Å². The number of nitrogens with zero attached hydrogens (tertiary/aromatic N) is 3. The minimum absolute atomic E-state index is 0.361. The number of pyridine rings is 1. The summed E-state index contributed by atoms with van der Waals surface area (Å²) in [5.74, 6) is -1.05. The highest BCUT2D eigenvalue weighted by atomic mass is 16.4. The molecule has 2 aromatic heterocycles. The molecule has 0 atom stereocenters. The minimum Gasteiger partial charge on any atom is -0.480 e. The van der Waals surface area contributed by atoms with Crippen LogP contribution in [0.3, 0.4) is 0 Å². The van der Waals surface area contributed by atoms with Crippen LogP contribution in [0.2, 0.25) is 0 Å². The van der Waals surface area contributed by atoms with Crippen LogP contribution in [0.25, 0.3) is 11.0 Å². The highest BCUT2D eigenvalue weighted by Crippen LogP contribution is 2.20. The first kappa shape index (κ1) is 11.4. The summed E-state index contributed by atoms with van der Waals surface area (Å²) in [7, 11) is 1.60. The predicted molar refractivity (Wildman–Crippen MR) is 61.9 cm³/mol. The number of rotatable bonds is 2. The van der Waals surface area contributed by atoms with Gasteiger partial charge in [-0.25, -0.2) is 9.59 Å². The fraction of sp³-hybridized carbons (Fsp3) is 0.364. The van der Waals surface area contributed by atoms with Crippen molar-refractivity contribution >= 4 is 17.0 Å². The van der Waals surface area contributed by atoms with Crippen LogP contribution in [0.15, 0.2) is 23.3 Å². The largest absolute Gasteiger partial charge is 0.480 e. The van der Waals surface area contributed by atoms with Gasteiger partial charge < -0.3 is 5.11 Å². The first-order valence-electron chi connectivity index (χ1n) is 5.12. The van der Waals surface area contributed by atoms with Gasteiger partial charge in [-0.3, -0.25) is 14.1 Å². The van der Waals surface area contributed by atoms with E-state index < -0.39 is 11.5 Å². The van der Waals surface area contributed by atoms with Gasteiger partial charge >= 0.3 is 11.7 Å². The van der Waals surface area contributed by atoms with Crippen LogP contribution in [0.1, 0.15) is 13.8 Å². The van der Waals surface area contributed by atoms with Crippen molar-refractivity contribution in [2.75, 3.05) is 0 Å². The van der Waals surface area contributed by atoms with Crippen LogP contribution < -0.4 is 5.69 Å². The molecule has 0 aromatic carbocycles. The van der Waals surface area contributed by atoms with Crippen LogP contribution in [-0.4, -0.2) is 25.2 Å². The van der Waals surface area contributed by atoms with E-state index in [1.807, 2.05) is 0 Å². The molecule has 2 aromatic rings. The fourth-order valence-corrected chi connectivity index (χ4v) is 1.82. The lowest BCUT2D eigenvalue weighted by Gasteiger charge is -2.20. The van der Waals surface area contributed by atoms with Gasteiger partial charge in [0.15, 0.2) is 0 Å². The molecule has 0 amide bonds. The maximum atomic E-state index is 12.1. The number of imidazole rings is 1. The van der Waals surface area contributed by atoms with Crippen molar-refractivity contribution in [1.82, 2.24) is 14.1 Å². The molecule has 90 valence electrons. The molecule has 17 heavy (non-hydrogen) atoms. The summed E-state index contributed by atoms with van der Waals surface area (Å²) in [5, 5.41) is 9.20. The van der Waals surface area contributed by atoms with E-state index in [1.54, 1.807) is 19.3 Å². The molecule has 6 heteroatoms. The molecule has 0 bridgehead atoms. The first-order valence-corrected chi connectivity index (χ1v) is 5.12. The molecule has 6 nitrogen and oxygen atoms in total. The van der Waals surface area contributed by atoms with Gasteiger partial charge in [-0.2, -0.15) is 0 Å². The lowest BCUT2D eigenvalue weighted by Crippen LogP contribution is -2.42. The molecule has 0 aliphatic rings. The molecule has 0 saturated carbocycles. The minimum atomic E-state index is -1.29. The molecule has 0 radical (unpaired) electrons. The van der Waals surface area contributed by atoms with E-state index in [2.05, 4.69) is 4.98 Å². The molecule has 0 aliphatic carbocycles. The van der Waals surface area contributed by atoms with E-state index in [9.17, 15) is 14.7 Å². The lowest BCUT2D eigenvalue weighted by molar-refractivity contribution is -0.145. The quantitative estimate of drug-likeness (QED) is 0.824. The summed E-state index contributed by atoms with van der Waals surface area (Å²) in [6, 6.07) is 1.64. The van der Waals surface area contributed by atoms with Gasteiger partial charge in [0.05, 0.1) is 17.2 Å². The Morgan fingerprint density at radius 1 is 1.41 bits per heavy atom. The SMILES string of the molecule is Cn1c(=O)n(C(C)(C)C(=O)O)c2ccncc21. The molecule has 0 spiro atoms. The number of carbonyl (C=O) groups is 1. The third-order valence-corrected chi connectivity index (χ3v) is 2.94. The number of aliphatic carboxylic acids is 1. The third-order valence-electron chi connectivity index (χ3n) is 2.94. The highest BCUT2D eigenvalue weighted by Gasteiger charge is 2.33. The molecule has 2 heterocycles. The Hall–Kier alpha value is -2.11. The average molecular weight is 235 g/mol. The van der Waals surface area contributed by atoms with E-state index in [0.717, 1.165) is 0 Å². The smallest absolute Gasteiger partial charge is 0.329 e. The molecular formula is C11H13N3O3. The number of hydrogen-bond acceptors (Lipinski definition) is 3. The summed E-state index contributed by atoms with van der Waals surface area (Å²) in [6.07, 6.45) is 3.08. The zero-order valence-electron chi connectivity index (χ0n) is 9.84. The second-order valence-corrected chi connectivity index (χ2v) is 4.41. The second-order valence-electron chi connectivity index (χ2n) is 4.41. The zero-order chi connectivity index (χ0) is 12.8. The first-order chi connectivity index (χ1) is 7.87. The molecule has 2 rings (SSSR count). The fourth-order valence-electron chi connectivity index (χ4n) is 1.82. The van der Waals surface area contributed by atoms with Crippen molar-refractivity contribution in [3.8, 4) is 0 Å². The van der Waals surface area contributed by atoms with E-state index >= 15 is 0 Å². The van der Waals surface area contributed by atoms with E-state index in [-0.39, 0.29) is 5.69 Å². The van der Waals surface area contributed by atoms with Crippen molar-refractivity contribution in [3.05, 3.63) is 28.9 Å². The van der Waals surface area contributed by atoms with Gasteiger partial charge in [-0.05, 0) is 19.9 Å². The Kier molecular flexibility index (Phi) is 2.30. The third kappa shape index (κ3) is 1.44. The molecule has 0 saturated heterocycles. The van der Waals surface area contributed by atoms with Crippen molar-refractivity contribution in [3.63, 3.8) is 0 Å². The Bertz CT molecular complexity index is 652. The van der Waals surface area contributed by atoms with Gasteiger partial charge in [0, 0.05) is 13.2 Å². The zero-order valence-corrected chi connectivity index (χ0v) is 9.84.